The molecule has 0 aliphatic rings. The zero-order valence-electron chi connectivity index (χ0n) is 9.95. The molecule has 0 saturated heterocycles. The van der Waals surface area contributed by atoms with E-state index < -0.39 is 0 Å². The van der Waals surface area contributed by atoms with Crippen LogP contribution in [0.3, 0.4) is 0 Å². The minimum Gasteiger partial charge on any atom is -0.309 e. The van der Waals surface area contributed by atoms with Gasteiger partial charge in [0.05, 0.1) is 0 Å². The van der Waals surface area contributed by atoms with Crippen LogP contribution in [0.25, 0.3) is 0 Å². The molecule has 86 valence electrons. The fraction of sp³-hybridized carbons (Fsp3) is 0.800. The molecule has 1 rings (SSSR count). The number of nitrogens with one attached hydrogen (secondary N) is 1. The number of hydrogen-bond acceptors (Lipinski definition) is 5. The molecule has 1 unspecified atom stereocenters. The minimum atomic E-state index is 0.475. The molecule has 0 aromatic carbocycles. The van der Waals surface area contributed by atoms with Crippen molar-refractivity contribution < 1.29 is 4.63 Å². The Labute approximate surface area is 90.8 Å². The van der Waals surface area contributed by atoms with Crippen LogP contribution in [0.15, 0.2) is 4.63 Å². The lowest BCUT2D eigenvalue weighted by molar-refractivity contribution is 0.299. The largest absolute Gasteiger partial charge is 0.309 e. The van der Waals surface area contributed by atoms with Crippen molar-refractivity contribution in [3.05, 3.63) is 11.4 Å². The summed E-state index contributed by atoms with van der Waals surface area (Å²) in [5.74, 6) is 0. The van der Waals surface area contributed by atoms with E-state index in [9.17, 15) is 0 Å². The van der Waals surface area contributed by atoms with Crippen molar-refractivity contribution in [3.63, 3.8) is 0 Å². The SMILES string of the molecule is Cc1nonc1CNC(C)CCN(C)C. The van der Waals surface area contributed by atoms with E-state index in [0.29, 0.717) is 6.04 Å². The summed E-state index contributed by atoms with van der Waals surface area (Å²) in [6.07, 6.45) is 1.12. The van der Waals surface area contributed by atoms with E-state index in [-0.39, 0.29) is 0 Å². The smallest absolute Gasteiger partial charge is 0.121 e. The highest BCUT2D eigenvalue weighted by Gasteiger charge is 2.07. The molecule has 1 aromatic heterocycles. The van der Waals surface area contributed by atoms with Crippen molar-refractivity contribution in [2.75, 3.05) is 20.6 Å². The number of hydrogen-bond donors (Lipinski definition) is 1. The second-order valence-corrected chi connectivity index (χ2v) is 4.17. The molecule has 0 radical (unpaired) electrons. The van der Waals surface area contributed by atoms with Crippen molar-refractivity contribution in [1.29, 1.82) is 0 Å². The van der Waals surface area contributed by atoms with Gasteiger partial charge in [-0.05, 0) is 40.9 Å². The fourth-order valence-electron chi connectivity index (χ4n) is 1.23. The summed E-state index contributed by atoms with van der Waals surface area (Å²) in [4.78, 5) is 2.18. The summed E-state index contributed by atoms with van der Waals surface area (Å²) in [7, 11) is 4.16. The first-order valence-electron chi connectivity index (χ1n) is 5.25. The molecule has 1 N–H and O–H groups in total. The first kappa shape index (κ1) is 12.1. The molecule has 0 bridgehead atoms. The summed E-state index contributed by atoms with van der Waals surface area (Å²) in [5.41, 5.74) is 1.76. The van der Waals surface area contributed by atoms with E-state index >= 15 is 0 Å². The van der Waals surface area contributed by atoms with Gasteiger partial charge in [0, 0.05) is 12.6 Å². The van der Waals surface area contributed by atoms with E-state index in [0.717, 1.165) is 30.9 Å². The van der Waals surface area contributed by atoms with Gasteiger partial charge in [0.15, 0.2) is 0 Å². The lowest BCUT2D eigenvalue weighted by Gasteiger charge is -2.15. The predicted molar refractivity (Wildman–Crippen MR) is 58.5 cm³/mol. The zero-order valence-corrected chi connectivity index (χ0v) is 9.95. The lowest BCUT2D eigenvalue weighted by atomic mass is 10.2. The van der Waals surface area contributed by atoms with Crippen LogP contribution in [-0.4, -0.2) is 41.9 Å². The quantitative estimate of drug-likeness (QED) is 0.756. The van der Waals surface area contributed by atoms with Crippen LogP contribution in [0.5, 0.6) is 0 Å². The van der Waals surface area contributed by atoms with Crippen molar-refractivity contribution in [1.82, 2.24) is 20.5 Å². The van der Waals surface area contributed by atoms with Gasteiger partial charge in [-0.25, -0.2) is 4.63 Å². The monoisotopic (exact) mass is 212 g/mol. The van der Waals surface area contributed by atoms with Crippen molar-refractivity contribution in [2.45, 2.75) is 32.9 Å². The first-order valence-corrected chi connectivity index (χ1v) is 5.25. The van der Waals surface area contributed by atoms with Gasteiger partial charge < -0.3 is 10.2 Å². The molecular weight excluding hydrogens is 192 g/mol. The van der Waals surface area contributed by atoms with Crippen molar-refractivity contribution in [2.24, 2.45) is 0 Å². The second kappa shape index (κ2) is 5.82. The molecule has 0 spiro atoms. The Bertz CT molecular complexity index is 285. The summed E-state index contributed by atoms with van der Waals surface area (Å²) >= 11 is 0. The summed E-state index contributed by atoms with van der Waals surface area (Å²) in [5, 5.41) is 11.0. The molecule has 5 heteroatoms. The van der Waals surface area contributed by atoms with E-state index in [4.69, 9.17) is 0 Å². The van der Waals surface area contributed by atoms with Gasteiger partial charge in [-0.15, -0.1) is 0 Å². The third-order valence-corrected chi connectivity index (χ3v) is 2.37. The molecule has 0 saturated carbocycles. The van der Waals surface area contributed by atoms with E-state index in [1.54, 1.807) is 0 Å². The Kier molecular flexibility index (Phi) is 4.71. The average molecular weight is 212 g/mol. The van der Waals surface area contributed by atoms with Crippen molar-refractivity contribution in [3.8, 4) is 0 Å². The molecule has 0 aliphatic heterocycles. The highest BCUT2D eigenvalue weighted by atomic mass is 16.6. The fourth-order valence-corrected chi connectivity index (χ4v) is 1.23. The maximum absolute atomic E-state index is 4.63. The Balaban J connectivity index is 2.22. The third-order valence-electron chi connectivity index (χ3n) is 2.37. The predicted octanol–water partition coefficient (Wildman–Crippen LogP) is 0.808. The topological polar surface area (TPSA) is 54.2 Å². The maximum Gasteiger partial charge on any atom is 0.121 e. The first-order chi connectivity index (χ1) is 7.09. The van der Waals surface area contributed by atoms with Gasteiger partial charge in [0.2, 0.25) is 0 Å². The summed E-state index contributed by atoms with van der Waals surface area (Å²) in [6.45, 7) is 5.89. The molecule has 0 fully saturated rings. The van der Waals surface area contributed by atoms with Crippen LogP contribution in [0.4, 0.5) is 0 Å². The van der Waals surface area contributed by atoms with Gasteiger partial charge in [-0.3, -0.25) is 0 Å². The highest BCUT2D eigenvalue weighted by Crippen LogP contribution is 2.01. The van der Waals surface area contributed by atoms with Crippen LogP contribution in [-0.2, 0) is 6.54 Å². The van der Waals surface area contributed by atoms with Crippen LogP contribution in [0.2, 0.25) is 0 Å². The average Bonchev–Trinajstić information content (AvgIpc) is 2.58. The highest BCUT2D eigenvalue weighted by molar-refractivity contribution is 5.03. The second-order valence-electron chi connectivity index (χ2n) is 4.17. The molecular formula is C10H20N4O. The summed E-state index contributed by atoms with van der Waals surface area (Å²) < 4.78 is 4.63. The molecule has 1 atom stereocenters. The third kappa shape index (κ3) is 4.40. The van der Waals surface area contributed by atoms with Gasteiger partial charge in [-0.2, -0.15) is 0 Å². The van der Waals surface area contributed by atoms with E-state index in [2.05, 4.69) is 46.2 Å². The molecule has 1 aromatic rings. The van der Waals surface area contributed by atoms with E-state index in [1.807, 2.05) is 6.92 Å². The molecule has 0 aliphatic carbocycles. The number of aryl methyl sites for hydroxylation is 1. The summed E-state index contributed by atoms with van der Waals surface area (Å²) in [6, 6.07) is 0.475. The van der Waals surface area contributed by atoms with Gasteiger partial charge in [0.25, 0.3) is 0 Å². The Morgan fingerprint density at radius 1 is 1.40 bits per heavy atom. The zero-order chi connectivity index (χ0) is 11.3. The number of rotatable bonds is 6. The van der Waals surface area contributed by atoms with Gasteiger partial charge >= 0.3 is 0 Å². The van der Waals surface area contributed by atoms with Crippen LogP contribution >= 0.6 is 0 Å². The standard InChI is InChI=1S/C10H20N4O/c1-8(5-6-14(3)4)11-7-10-9(2)12-15-13-10/h8,11H,5-7H2,1-4H3. The number of nitrogens with zero attached hydrogens (tertiary/aromatic N) is 3. The van der Waals surface area contributed by atoms with Crippen LogP contribution < -0.4 is 5.32 Å². The lowest BCUT2D eigenvalue weighted by Crippen LogP contribution is -2.29. The van der Waals surface area contributed by atoms with Gasteiger partial charge in [0.1, 0.15) is 11.4 Å². The van der Waals surface area contributed by atoms with Crippen molar-refractivity contribution >= 4 is 0 Å². The minimum absolute atomic E-state index is 0.475. The van der Waals surface area contributed by atoms with Crippen LogP contribution in [0.1, 0.15) is 24.7 Å². The maximum atomic E-state index is 4.63. The Morgan fingerprint density at radius 3 is 2.67 bits per heavy atom. The molecule has 15 heavy (non-hydrogen) atoms. The molecule has 1 heterocycles. The van der Waals surface area contributed by atoms with Gasteiger partial charge in [-0.1, -0.05) is 10.3 Å². The van der Waals surface area contributed by atoms with Crippen LogP contribution in [0, 0.1) is 6.92 Å². The number of aromatic nitrogens is 2. The van der Waals surface area contributed by atoms with E-state index in [1.165, 1.54) is 0 Å². The Morgan fingerprint density at radius 2 is 2.13 bits per heavy atom. The normalized spacial score (nSPS) is 13.4. The molecule has 5 nitrogen and oxygen atoms in total. The Hall–Kier alpha value is -0.940. The molecule has 0 amide bonds.